The Morgan fingerprint density at radius 3 is 3.13 bits per heavy atom. The number of amides is 1. The second kappa shape index (κ2) is 5.40. The molecule has 0 bridgehead atoms. The van der Waals surface area contributed by atoms with Crippen molar-refractivity contribution in [3.63, 3.8) is 0 Å². The molecule has 1 aliphatic rings. The predicted octanol–water partition coefficient (Wildman–Crippen LogP) is 1.67. The molecule has 0 saturated heterocycles. The van der Waals surface area contributed by atoms with Crippen molar-refractivity contribution in [3.8, 4) is 11.5 Å². The van der Waals surface area contributed by atoms with E-state index < -0.39 is 0 Å². The van der Waals surface area contributed by atoms with Crippen molar-refractivity contribution < 1.29 is 14.3 Å². The molecule has 8 heteroatoms. The Labute approximate surface area is 134 Å². The molecule has 0 atom stereocenters. The summed E-state index contributed by atoms with van der Waals surface area (Å²) in [6.07, 6.45) is 3.14. The highest BCUT2D eigenvalue weighted by Crippen LogP contribution is 2.32. The maximum atomic E-state index is 12.2. The summed E-state index contributed by atoms with van der Waals surface area (Å²) in [6, 6.07) is 5.31. The molecule has 4 rings (SSSR count). The first-order chi connectivity index (χ1) is 11.2. The Morgan fingerprint density at radius 2 is 2.22 bits per heavy atom. The van der Waals surface area contributed by atoms with Crippen molar-refractivity contribution >= 4 is 27.9 Å². The lowest BCUT2D eigenvalue weighted by Crippen LogP contribution is -2.23. The lowest BCUT2D eigenvalue weighted by Gasteiger charge is -2.05. The number of carbonyl (C=O) groups excluding carboxylic acids is 1. The van der Waals surface area contributed by atoms with Gasteiger partial charge in [-0.25, -0.2) is 4.98 Å². The third-order valence-corrected chi connectivity index (χ3v) is 4.19. The minimum absolute atomic E-state index is 0.127. The van der Waals surface area contributed by atoms with E-state index in [0.29, 0.717) is 16.5 Å². The zero-order valence-electron chi connectivity index (χ0n) is 11.8. The molecule has 116 valence electrons. The van der Waals surface area contributed by atoms with Gasteiger partial charge in [-0.2, -0.15) is 0 Å². The number of fused-ring (bicyclic) bond motifs is 2. The molecule has 1 N–H and O–H groups in total. The molecule has 0 aliphatic carbocycles. The number of benzene rings is 1. The number of hydrogen-bond donors (Lipinski definition) is 1. The summed E-state index contributed by atoms with van der Waals surface area (Å²) in [5.41, 5.74) is 0.637. The van der Waals surface area contributed by atoms with E-state index in [1.54, 1.807) is 29.8 Å². The van der Waals surface area contributed by atoms with Crippen molar-refractivity contribution in [1.29, 1.82) is 0 Å². The lowest BCUT2D eigenvalue weighted by molar-refractivity contribution is -0.115. The van der Waals surface area contributed by atoms with Crippen LogP contribution in [0, 0.1) is 0 Å². The molecule has 0 spiro atoms. The highest BCUT2D eigenvalue weighted by molar-refractivity contribution is 7.15. The summed E-state index contributed by atoms with van der Waals surface area (Å²) < 4.78 is 11.9. The van der Waals surface area contributed by atoms with Crippen LogP contribution in [0.15, 0.2) is 40.8 Å². The van der Waals surface area contributed by atoms with Crippen LogP contribution < -0.4 is 20.3 Å². The normalized spacial score (nSPS) is 12.5. The summed E-state index contributed by atoms with van der Waals surface area (Å²) >= 11 is 1.36. The summed E-state index contributed by atoms with van der Waals surface area (Å²) in [6.45, 7) is 0.189. The van der Waals surface area contributed by atoms with Crippen LogP contribution in [0.1, 0.15) is 5.56 Å². The topological polar surface area (TPSA) is 81.9 Å². The highest BCUT2D eigenvalue weighted by Gasteiger charge is 2.15. The third kappa shape index (κ3) is 2.53. The van der Waals surface area contributed by atoms with Crippen molar-refractivity contribution in [3.05, 3.63) is 51.9 Å². The van der Waals surface area contributed by atoms with E-state index in [4.69, 9.17) is 9.47 Å². The van der Waals surface area contributed by atoms with Crippen LogP contribution in [0.25, 0.3) is 4.96 Å². The van der Waals surface area contributed by atoms with Crippen LogP contribution in [-0.4, -0.2) is 22.1 Å². The van der Waals surface area contributed by atoms with Crippen molar-refractivity contribution in [2.75, 3.05) is 12.1 Å². The van der Waals surface area contributed by atoms with Gasteiger partial charge in [0.1, 0.15) is 5.69 Å². The van der Waals surface area contributed by atoms with Gasteiger partial charge in [0.05, 0.1) is 12.6 Å². The number of anilines is 1. The molecule has 1 aromatic carbocycles. The molecule has 7 nitrogen and oxygen atoms in total. The van der Waals surface area contributed by atoms with E-state index >= 15 is 0 Å². The maximum absolute atomic E-state index is 12.2. The Balaban J connectivity index is 1.53. The molecule has 0 fully saturated rings. The zero-order chi connectivity index (χ0) is 15.8. The van der Waals surface area contributed by atoms with Crippen molar-refractivity contribution in [2.45, 2.75) is 6.42 Å². The van der Waals surface area contributed by atoms with Crippen LogP contribution in [0.2, 0.25) is 0 Å². The number of thiazole rings is 1. The molecule has 0 radical (unpaired) electrons. The molecular weight excluding hydrogens is 318 g/mol. The van der Waals surface area contributed by atoms with Crippen LogP contribution in [0.3, 0.4) is 0 Å². The standard InChI is InChI=1S/C15H11N3O4S/c19-13(6-9-1-2-11-12(5-9)22-8-21-11)17-10-7-16-15-18(14(10)20)3-4-23-15/h1-5,7H,6,8H2,(H,17,19). The smallest absolute Gasteiger partial charge is 0.282 e. The van der Waals surface area contributed by atoms with E-state index in [9.17, 15) is 9.59 Å². The fourth-order valence-electron chi connectivity index (χ4n) is 2.34. The summed E-state index contributed by atoms with van der Waals surface area (Å²) in [4.78, 5) is 29.1. The molecule has 1 amide bonds. The number of aromatic nitrogens is 2. The largest absolute Gasteiger partial charge is 0.454 e. The minimum atomic E-state index is -0.296. The van der Waals surface area contributed by atoms with Crippen molar-refractivity contribution in [1.82, 2.24) is 9.38 Å². The number of rotatable bonds is 3. The number of nitrogens with zero attached hydrogens (tertiary/aromatic N) is 2. The Kier molecular flexibility index (Phi) is 3.23. The minimum Gasteiger partial charge on any atom is -0.454 e. The van der Waals surface area contributed by atoms with E-state index in [0.717, 1.165) is 5.56 Å². The Bertz CT molecular complexity index is 963. The first-order valence-electron chi connectivity index (χ1n) is 6.84. The first-order valence-corrected chi connectivity index (χ1v) is 7.72. The van der Waals surface area contributed by atoms with E-state index in [-0.39, 0.29) is 30.4 Å². The van der Waals surface area contributed by atoms with Crippen LogP contribution in [0.4, 0.5) is 5.69 Å². The molecule has 3 aromatic rings. The second-order valence-electron chi connectivity index (χ2n) is 4.95. The third-order valence-electron chi connectivity index (χ3n) is 3.42. The Morgan fingerprint density at radius 1 is 1.35 bits per heavy atom. The van der Waals surface area contributed by atoms with Gasteiger partial charge in [0, 0.05) is 11.6 Å². The molecule has 0 unspecified atom stereocenters. The fraction of sp³-hybridized carbons (Fsp3) is 0.133. The van der Waals surface area contributed by atoms with Crippen molar-refractivity contribution in [2.24, 2.45) is 0 Å². The number of ether oxygens (including phenoxy) is 2. The van der Waals surface area contributed by atoms with Gasteiger partial charge >= 0.3 is 0 Å². The summed E-state index contributed by atoms with van der Waals surface area (Å²) in [5.74, 6) is 0.995. The quantitative estimate of drug-likeness (QED) is 0.790. The summed E-state index contributed by atoms with van der Waals surface area (Å²) in [5, 5.41) is 4.37. The SMILES string of the molecule is O=C(Cc1ccc2c(c1)OCO2)Nc1cnc2sccn2c1=O. The first kappa shape index (κ1) is 13.8. The van der Waals surface area contributed by atoms with Gasteiger partial charge in [0.15, 0.2) is 16.5 Å². The van der Waals surface area contributed by atoms with Crippen LogP contribution in [0.5, 0.6) is 11.5 Å². The molecular formula is C15H11N3O4S. The zero-order valence-corrected chi connectivity index (χ0v) is 12.6. The van der Waals surface area contributed by atoms with Crippen LogP contribution >= 0.6 is 11.3 Å². The molecule has 1 aliphatic heterocycles. The number of hydrogen-bond acceptors (Lipinski definition) is 6. The second-order valence-corrected chi connectivity index (χ2v) is 5.82. The molecule has 2 aromatic heterocycles. The number of nitrogens with one attached hydrogen (secondary N) is 1. The van der Waals surface area contributed by atoms with Gasteiger partial charge < -0.3 is 14.8 Å². The van der Waals surface area contributed by atoms with Gasteiger partial charge in [0.2, 0.25) is 12.7 Å². The highest BCUT2D eigenvalue weighted by atomic mass is 32.1. The summed E-state index contributed by atoms with van der Waals surface area (Å²) in [7, 11) is 0. The van der Waals surface area contributed by atoms with Gasteiger partial charge in [-0.1, -0.05) is 6.07 Å². The van der Waals surface area contributed by atoms with Gasteiger partial charge in [-0.15, -0.1) is 11.3 Å². The fourth-order valence-corrected chi connectivity index (χ4v) is 3.02. The monoisotopic (exact) mass is 329 g/mol. The lowest BCUT2D eigenvalue weighted by atomic mass is 10.1. The Hall–Kier alpha value is -2.87. The van der Waals surface area contributed by atoms with E-state index in [2.05, 4.69) is 10.3 Å². The van der Waals surface area contributed by atoms with Gasteiger partial charge in [-0.05, 0) is 17.7 Å². The average Bonchev–Trinajstić information content (AvgIpc) is 3.18. The van der Waals surface area contributed by atoms with E-state index in [1.807, 2.05) is 0 Å². The van der Waals surface area contributed by atoms with Gasteiger partial charge in [0.25, 0.3) is 5.56 Å². The predicted molar refractivity (Wildman–Crippen MR) is 84.2 cm³/mol. The van der Waals surface area contributed by atoms with Crippen LogP contribution in [-0.2, 0) is 11.2 Å². The average molecular weight is 329 g/mol. The van der Waals surface area contributed by atoms with E-state index in [1.165, 1.54) is 21.9 Å². The molecule has 23 heavy (non-hydrogen) atoms. The number of carbonyl (C=O) groups is 1. The molecule has 0 saturated carbocycles. The van der Waals surface area contributed by atoms with Gasteiger partial charge in [-0.3, -0.25) is 14.0 Å². The maximum Gasteiger partial charge on any atom is 0.282 e. The molecule has 3 heterocycles.